The number of hydrogen-bond acceptors (Lipinski definition) is 5. The predicted octanol–water partition coefficient (Wildman–Crippen LogP) is -0.276. The summed E-state index contributed by atoms with van der Waals surface area (Å²) in [6.07, 6.45) is -3.29. The van der Waals surface area contributed by atoms with E-state index in [1.807, 2.05) is 0 Å². The van der Waals surface area contributed by atoms with E-state index in [1.165, 1.54) is 6.20 Å². The first-order valence-corrected chi connectivity index (χ1v) is 6.96. The van der Waals surface area contributed by atoms with Crippen molar-refractivity contribution in [3.63, 3.8) is 0 Å². The quantitative estimate of drug-likeness (QED) is 0.694. The zero-order valence-electron chi connectivity index (χ0n) is 12.2. The van der Waals surface area contributed by atoms with E-state index in [1.54, 1.807) is 9.88 Å². The topological polar surface area (TPSA) is 115 Å². The summed E-state index contributed by atoms with van der Waals surface area (Å²) in [6.45, 7) is 0.541. The zero-order valence-corrected chi connectivity index (χ0v) is 12.2. The first-order chi connectivity index (χ1) is 11.2. The van der Waals surface area contributed by atoms with Crippen molar-refractivity contribution in [1.82, 2.24) is 24.8 Å². The van der Waals surface area contributed by atoms with Crippen molar-refractivity contribution in [2.45, 2.75) is 25.7 Å². The van der Waals surface area contributed by atoms with Gasteiger partial charge in [-0.15, -0.1) is 0 Å². The minimum absolute atomic E-state index is 0.0639. The molecule has 0 radical (unpaired) electrons. The molecule has 0 saturated carbocycles. The van der Waals surface area contributed by atoms with Gasteiger partial charge in [0, 0.05) is 37.8 Å². The van der Waals surface area contributed by atoms with Crippen LogP contribution < -0.4 is 16.8 Å². The highest BCUT2D eigenvalue weighted by molar-refractivity contribution is 5.22. The van der Waals surface area contributed by atoms with E-state index in [4.69, 9.17) is 0 Å². The van der Waals surface area contributed by atoms with E-state index in [9.17, 15) is 27.6 Å². The molecule has 0 amide bonds. The lowest BCUT2D eigenvalue weighted by molar-refractivity contribution is -0.145. The predicted molar refractivity (Wildman–Crippen MR) is 75.4 cm³/mol. The van der Waals surface area contributed by atoms with Crippen LogP contribution in [0.15, 0.2) is 20.6 Å². The van der Waals surface area contributed by atoms with Gasteiger partial charge in [-0.25, -0.2) is 9.78 Å². The number of fused-ring (bicyclic) bond motifs is 1. The minimum atomic E-state index is -4.71. The molecule has 0 aromatic carbocycles. The fourth-order valence-electron chi connectivity index (χ4n) is 2.55. The van der Waals surface area contributed by atoms with Crippen molar-refractivity contribution in [3.8, 4) is 0 Å². The highest BCUT2D eigenvalue weighted by atomic mass is 19.4. The first-order valence-electron chi connectivity index (χ1n) is 6.96. The Morgan fingerprint density at radius 2 is 1.92 bits per heavy atom. The molecule has 1 aliphatic rings. The van der Waals surface area contributed by atoms with Crippen LogP contribution in [0, 0.1) is 0 Å². The Labute approximate surface area is 131 Å². The Morgan fingerprint density at radius 1 is 1.17 bits per heavy atom. The van der Waals surface area contributed by atoms with Crippen molar-refractivity contribution in [2.24, 2.45) is 0 Å². The smallest absolute Gasteiger partial charge is 0.314 e. The second-order valence-electron chi connectivity index (χ2n) is 5.40. The van der Waals surface area contributed by atoms with Gasteiger partial charge < -0.3 is 9.97 Å². The molecule has 3 heterocycles. The largest absolute Gasteiger partial charge is 0.449 e. The van der Waals surface area contributed by atoms with Crippen LogP contribution >= 0.6 is 0 Å². The number of hydrogen-bond donors (Lipinski definition) is 3. The summed E-state index contributed by atoms with van der Waals surface area (Å²) >= 11 is 0. The molecule has 3 rings (SSSR count). The number of nitrogens with one attached hydrogen (secondary N) is 3. The van der Waals surface area contributed by atoms with E-state index in [0.29, 0.717) is 6.54 Å². The molecule has 128 valence electrons. The van der Waals surface area contributed by atoms with Crippen molar-refractivity contribution in [2.75, 3.05) is 6.54 Å². The Kier molecular flexibility index (Phi) is 3.87. The molecule has 0 atom stereocenters. The number of halogens is 3. The third kappa shape index (κ3) is 3.15. The molecule has 1 aliphatic heterocycles. The molecule has 24 heavy (non-hydrogen) atoms. The van der Waals surface area contributed by atoms with Gasteiger partial charge in [0.25, 0.3) is 11.1 Å². The van der Waals surface area contributed by atoms with E-state index in [2.05, 4.69) is 15.0 Å². The normalized spacial score (nSPS) is 15.3. The van der Waals surface area contributed by atoms with Crippen LogP contribution in [0.3, 0.4) is 0 Å². The molecule has 3 N–H and O–H groups in total. The van der Waals surface area contributed by atoms with E-state index >= 15 is 0 Å². The van der Waals surface area contributed by atoms with Gasteiger partial charge in [-0.3, -0.25) is 19.5 Å². The van der Waals surface area contributed by atoms with Crippen LogP contribution in [-0.4, -0.2) is 31.4 Å². The van der Waals surface area contributed by atoms with Gasteiger partial charge in [0.2, 0.25) is 5.82 Å². The molecule has 2 aromatic heterocycles. The van der Waals surface area contributed by atoms with Gasteiger partial charge in [-0.1, -0.05) is 0 Å². The highest BCUT2D eigenvalue weighted by Crippen LogP contribution is 2.26. The van der Waals surface area contributed by atoms with Crippen LogP contribution in [0.2, 0.25) is 0 Å². The van der Waals surface area contributed by atoms with E-state index < -0.39 is 28.8 Å². The maximum atomic E-state index is 12.7. The van der Waals surface area contributed by atoms with Crippen molar-refractivity contribution in [1.29, 1.82) is 0 Å². The number of H-pyrrole nitrogens is 3. The Morgan fingerprint density at radius 3 is 2.58 bits per heavy atom. The Hall–Kier alpha value is -2.69. The van der Waals surface area contributed by atoms with Gasteiger partial charge >= 0.3 is 11.9 Å². The molecule has 0 unspecified atom stereocenters. The van der Waals surface area contributed by atoms with E-state index in [0.717, 1.165) is 0 Å². The maximum Gasteiger partial charge on any atom is 0.449 e. The molecule has 11 heteroatoms. The zero-order chi connectivity index (χ0) is 17.5. The standard InChI is InChI=1S/C13H12F3N5O3/c14-13(15,16)11-18-8-1-2-21(5-7(8)10(23)19-11)4-6-3-17-12(24)20-9(6)22/h3H,1-2,4-5H2,(H,18,19,23)(H2,17,20,22,24). The van der Waals surface area contributed by atoms with Crippen LogP contribution in [0.4, 0.5) is 13.2 Å². The third-order valence-electron chi connectivity index (χ3n) is 3.71. The number of nitrogens with zero attached hydrogens (tertiary/aromatic N) is 2. The second kappa shape index (κ2) is 5.74. The van der Waals surface area contributed by atoms with Gasteiger partial charge in [-0.2, -0.15) is 13.2 Å². The number of rotatable bonds is 2. The SMILES string of the molecule is O=c1[nH]cc(CN2CCc3nc(C(F)(F)F)[nH]c(=O)c3C2)c(=O)[nH]1. The van der Waals surface area contributed by atoms with Crippen LogP contribution in [0.5, 0.6) is 0 Å². The van der Waals surface area contributed by atoms with E-state index in [-0.39, 0.29) is 36.3 Å². The van der Waals surface area contributed by atoms with Gasteiger partial charge in [0.1, 0.15) is 0 Å². The Bertz CT molecular complexity index is 943. The summed E-state index contributed by atoms with van der Waals surface area (Å²) in [6, 6.07) is 0. The number of aromatic amines is 3. The second-order valence-corrected chi connectivity index (χ2v) is 5.40. The molecule has 0 spiro atoms. The fraction of sp³-hybridized carbons (Fsp3) is 0.385. The lowest BCUT2D eigenvalue weighted by Crippen LogP contribution is -2.38. The molecule has 0 aliphatic carbocycles. The highest BCUT2D eigenvalue weighted by Gasteiger charge is 2.35. The lowest BCUT2D eigenvalue weighted by atomic mass is 10.1. The van der Waals surface area contributed by atoms with Gasteiger partial charge in [-0.05, 0) is 0 Å². The molecule has 0 bridgehead atoms. The lowest BCUT2D eigenvalue weighted by Gasteiger charge is -2.27. The summed E-state index contributed by atoms with van der Waals surface area (Å²) in [5, 5.41) is 0. The van der Waals surface area contributed by atoms with Crippen molar-refractivity contribution < 1.29 is 13.2 Å². The van der Waals surface area contributed by atoms with Gasteiger partial charge in [0.15, 0.2) is 0 Å². The summed E-state index contributed by atoms with van der Waals surface area (Å²) in [7, 11) is 0. The fourth-order valence-corrected chi connectivity index (χ4v) is 2.55. The summed E-state index contributed by atoms with van der Waals surface area (Å²) in [5.41, 5.74) is -1.48. The summed E-state index contributed by atoms with van der Waals surface area (Å²) < 4.78 is 38.0. The van der Waals surface area contributed by atoms with Crippen LogP contribution in [0.1, 0.15) is 22.6 Å². The van der Waals surface area contributed by atoms with Gasteiger partial charge in [0.05, 0.1) is 11.3 Å². The van der Waals surface area contributed by atoms with Crippen molar-refractivity contribution in [3.05, 3.63) is 60.0 Å². The average Bonchev–Trinajstić information content (AvgIpc) is 2.49. The molecule has 8 nitrogen and oxygen atoms in total. The molecule has 0 saturated heterocycles. The molecular weight excluding hydrogens is 331 g/mol. The van der Waals surface area contributed by atoms with Crippen molar-refractivity contribution >= 4 is 0 Å². The molecule has 2 aromatic rings. The molecule has 0 fully saturated rings. The summed E-state index contributed by atoms with van der Waals surface area (Å²) in [4.78, 5) is 45.9. The van der Waals surface area contributed by atoms with Crippen LogP contribution in [0.25, 0.3) is 0 Å². The molecular formula is C13H12F3N5O3. The number of aromatic nitrogens is 4. The maximum absolute atomic E-state index is 12.7. The number of alkyl halides is 3. The average molecular weight is 343 g/mol. The van der Waals surface area contributed by atoms with Crippen LogP contribution in [-0.2, 0) is 25.7 Å². The summed E-state index contributed by atoms with van der Waals surface area (Å²) in [5.74, 6) is -1.31. The minimum Gasteiger partial charge on any atom is -0.314 e. The Balaban J connectivity index is 1.86. The first kappa shape index (κ1) is 16.2. The monoisotopic (exact) mass is 343 g/mol. The third-order valence-corrected chi connectivity index (χ3v) is 3.71.